The maximum atomic E-state index is 11.5. The molecule has 0 aromatic rings. The largest absolute Gasteiger partial charge is 0.454 e. The molecule has 0 atom stereocenters. The van der Waals surface area contributed by atoms with Crippen LogP contribution in [0, 0.1) is 0 Å². The molecule has 0 fully saturated rings. The van der Waals surface area contributed by atoms with Crippen molar-refractivity contribution in [1.82, 2.24) is 0 Å². The lowest BCUT2D eigenvalue weighted by Crippen LogP contribution is -2.21. The summed E-state index contributed by atoms with van der Waals surface area (Å²) in [4.78, 5) is 10.2. The third-order valence-electron chi connectivity index (χ3n) is 1.00. The predicted molar refractivity (Wildman–Crippen MR) is 33.6 cm³/mol. The first kappa shape index (κ1) is 10.0. The Balaban J connectivity index is 4.30. The first-order valence-electron chi connectivity index (χ1n) is 2.95. The molecule has 0 aliphatic heterocycles. The SMILES string of the molecule is CC/C(N)=C/C(=O)C(F)(F)F. The fraction of sp³-hybridized carbons (Fsp3) is 0.500. The Bertz CT molecular complexity index is 183. The first-order valence-corrected chi connectivity index (χ1v) is 2.95. The number of halogens is 3. The minimum Gasteiger partial charge on any atom is -0.402 e. The molecule has 64 valence electrons. The van der Waals surface area contributed by atoms with Gasteiger partial charge in [-0.25, -0.2) is 0 Å². The molecule has 0 rings (SSSR count). The Morgan fingerprint density at radius 3 is 2.27 bits per heavy atom. The van der Waals surface area contributed by atoms with Gasteiger partial charge in [-0.3, -0.25) is 4.79 Å². The van der Waals surface area contributed by atoms with Gasteiger partial charge in [0.2, 0.25) is 0 Å². The van der Waals surface area contributed by atoms with Crippen molar-refractivity contribution >= 4 is 5.78 Å². The summed E-state index contributed by atoms with van der Waals surface area (Å²) in [5.74, 6) is -1.91. The van der Waals surface area contributed by atoms with Crippen LogP contribution >= 0.6 is 0 Å². The maximum Gasteiger partial charge on any atom is 0.454 e. The molecule has 2 nitrogen and oxygen atoms in total. The quantitative estimate of drug-likeness (QED) is 0.631. The van der Waals surface area contributed by atoms with E-state index in [0.717, 1.165) is 0 Å². The zero-order valence-electron chi connectivity index (χ0n) is 5.90. The summed E-state index contributed by atoms with van der Waals surface area (Å²) in [6.07, 6.45) is -4.17. The third kappa shape index (κ3) is 3.64. The molecule has 0 spiro atoms. The summed E-state index contributed by atoms with van der Waals surface area (Å²) in [6, 6.07) is 0. The summed E-state index contributed by atoms with van der Waals surface area (Å²) in [6.45, 7) is 1.56. The Labute approximate surface area is 61.9 Å². The van der Waals surface area contributed by atoms with E-state index in [-0.39, 0.29) is 12.1 Å². The Morgan fingerprint density at radius 1 is 1.55 bits per heavy atom. The normalized spacial score (nSPS) is 13.3. The number of hydrogen-bond donors (Lipinski definition) is 1. The summed E-state index contributed by atoms with van der Waals surface area (Å²) in [5, 5.41) is 0. The van der Waals surface area contributed by atoms with Crippen molar-refractivity contribution < 1.29 is 18.0 Å². The van der Waals surface area contributed by atoms with Crippen LogP contribution in [0.15, 0.2) is 11.8 Å². The summed E-state index contributed by atoms with van der Waals surface area (Å²) < 4.78 is 34.5. The summed E-state index contributed by atoms with van der Waals surface area (Å²) >= 11 is 0. The molecule has 0 aliphatic carbocycles. The molecule has 0 bridgehead atoms. The highest BCUT2D eigenvalue weighted by Gasteiger charge is 2.36. The Kier molecular flexibility index (Phi) is 3.10. The zero-order valence-corrected chi connectivity index (χ0v) is 5.90. The van der Waals surface area contributed by atoms with Crippen molar-refractivity contribution in [2.75, 3.05) is 0 Å². The van der Waals surface area contributed by atoms with E-state index in [2.05, 4.69) is 0 Å². The number of ketones is 1. The molecule has 0 unspecified atom stereocenters. The van der Waals surface area contributed by atoms with Gasteiger partial charge in [0.15, 0.2) is 0 Å². The van der Waals surface area contributed by atoms with Gasteiger partial charge < -0.3 is 5.73 Å². The van der Waals surface area contributed by atoms with Crippen LogP contribution in [0.25, 0.3) is 0 Å². The third-order valence-corrected chi connectivity index (χ3v) is 1.00. The highest BCUT2D eigenvalue weighted by molar-refractivity contribution is 5.94. The minimum atomic E-state index is -4.81. The number of hydrogen-bond acceptors (Lipinski definition) is 2. The van der Waals surface area contributed by atoms with E-state index in [1.54, 1.807) is 6.92 Å². The van der Waals surface area contributed by atoms with Gasteiger partial charge in [-0.2, -0.15) is 13.2 Å². The molecule has 0 aromatic carbocycles. The van der Waals surface area contributed by atoms with Gasteiger partial charge in [-0.15, -0.1) is 0 Å². The molecule has 2 N–H and O–H groups in total. The van der Waals surface area contributed by atoms with Gasteiger partial charge in [-0.1, -0.05) is 6.92 Å². The van der Waals surface area contributed by atoms with E-state index in [1.807, 2.05) is 0 Å². The monoisotopic (exact) mass is 167 g/mol. The molecular weight excluding hydrogens is 159 g/mol. The van der Waals surface area contributed by atoms with Crippen LogP contribution in [0.1, 0.15) is 13.3 Å². The van der Waals surface area contributed by atoms with Crippen LogP contribution in [-0.2, 0) is 4.79 Å². The van der Waals surface area contributed by atoms with Gasteiger partial charge in [0.1, 0.15) is 0 Å². The van der Waals surface area contributed by atoms with Crippen molar-refractivity contribution in [3.8, 4) is 0 Å². The second-order valence-electron chi connectivity index (χ2n) is 1.93. The fourth-order valence-electron chi connectivity index (χ4n) is 0.352. The maximum absolute atomic E-state index is 11.5. The summed E-state index contributed by atoms with van der Waals surface area (Å²) in [7, 11) is 0. The van der Waals surface area contributed by atoms with Gasteiger partial charge in [-0.05, 0) is 6.42 Å². The van der Waals surface area contributed by atoms with Gasteiger partial charge in [0.25, 0.3) is 5.78 Å². The molecule has 0 heterocycles. The van der Waals surface area contributed by atoms with Crippen molar-refractivity contribution in [3.63, 3.8) is 0 Å². The number of carbonyl (C=O) groups is 1. The van der Waals surface area contributed by atoms with E-state index < -0.39 is 12.0 Å². The average Bonchev–Trinajstić information content (AvgIpc) is 1.85. The van der Waals surface area contributed by atoms with E-state index in [4.69, 9.17) is 5.73 Å². The standard InChI is InChI=1S/C6H8F3NO/c1-2-4(10)3-5(11)6(7,8)9/h3H,2,10H2,1H3/b4-3-. The van der Waals surface area contributed by atoms with Crippen molar-refractivity contribution in [2.45, 2.75) is 19.5 Å². The number of alkyl halides is 3. The lowest BCUT2D eigenvalue weighted by molar-refractivity contribution is -0.165. The Morgan fingerprint density at radius 2 is 2.00 bits per heavy atom. The number of allylic oxidation sites excluding steroid dienone is 2. The molecule has 0 aliphatic rings. The van der Waals surface area contributed by atoms with Crippen LogP contribution in [0.5, 0.6) is 0 Å². The zero-order chi connectivity index (χ0) is 9.07. The topological polar surface area (TPSA) is 43.1 Å². The van der Waals surface area contributed by atoms with Gasteiger partial charge in [0.05, 0.1) is 0 Å². The van der Waals surface area contributed by atoms with Crippen LogP contribution in [-0.4, -0.2) is 12.0 Å². The predicted octanol–water partition coefficient (Wildman–Crippen LogP) is 1.37. The number of rotatable bonds is 2. The molecule has 0 aromatic heterocycles. The molecular formula is C6H8F3NO. The first-order chi connectivity index (χ1) is 4.88. The highest BCUT2D eigenvalue weighted by Crippen LogP contribution is 2.16. The average molecular weight is 167 g/mol. The Hall–Kier alpha value is -1.00. The van der Waals surface area contributed by atoms with Crippen LogP contribution in [0.2, 0.25) is 0 Å². The second kappa shape index (κ2) is 3.41. The smallest absolute Gasteiger partial charge is 0.402 e. The fourth-order valence-corrected chi connectivity index (χ4v) is 0.352. The van der Waals surface area contributed by atoms with Crippen molar-refractivity contribution in [3.05, 3.63) is 11.8 Å². The van der Waals surface area contributed by atoms with E-state index in [9.17, 15) is 18.0 Å². The van der Waals surface area contributed by atoms with Gasteiger partial charge in [0, 0.05) is 11.8 Å². The molecule has 11 heavy (non-hydrogen) atoms. The van der Waals surface area contributed by atoms with Crippen LogP contribution < -0.4 is 5.73 Å². The molecule has 0 radical (unpaired) electrons. The molecule has 0 amide bonds. The van der Waals surface area contributed by atoms with E-state index in [1.165, 1.54) is 0 Å². The number of carbonyl (C=O) groups excluding carboxylic acids is 1. The van der Waals surface area contributed by atoms with Gasteiger partial charge >= 0.3 is 6.18 Å². The van der Waals surface area contributed by atoms with E-state index >= 15 is 0 Å². The minimum absolute atomic E-state index is 0.0627. The van der Waals surface area contributed by atoms with Crippen molar-refractivity contribution in [2.24, 2.45) is 5.73 Å². The molecule has 0 saturated heterocycles. The van der Waals surface area contributed by atoms with E-state index in [0.29, 0.717) is 6.08 Å². The highest BCUT2D eigenvalue weighted by atomic mass is 19.4. The molecule has 0 saturated carbocycles. The number of nitrogens with two attached hydrogens (primary N) is 1. The molecule has 5 heteroatoms. The second-order valence-corrected chi connectivity index (χ2v) is 1.93. The summed E-state index contributed by atoms with van der Waals surface area (Å²) in [5.41, 5.74) is 4.95. The van der Waals surface area contributed by atoms with Crippen LogP contribution in [0.4, 0.5) is 13.2 Å². The lowest BCUT2D eigenvalue weighted by Gasteiger charge is -2.00. The van der Waals surface area contributed by atoms with Crippen LogP contribution in [0.3, 0.4) is 0 Å². The van der Waals surface area contributed by atoms with Crippen molar-refractivity contribution in [1.29, 1.82) is 0 Å². The lowest BCUT2D eigenvalue weighted by atomic mass is 10.2.